The van der Waals surface area contributed by atoms with E-state index < -0.39 is 0 Å². The van der Waals surface area contributed by atoms with Crippen LogP contribution in [0.15, 0.2) is 121 Å². The van der Waals surface area contributed by atoms with Crippen molar-refractivity contribution in [3.05, 3.63) is 144 Å². The lowest BCUT2D eigenvalue weighted by Crippen LogP contribution is -2.04. The minimum atomic E-state index is 0.469. The van der Waals surface area contributed by atoms with Crippen LogP contribution < -0.4 is 18.9 Å². The van der Waals surface area contributed by atoms with E-state index in [2.05, 4.69) is 94.2 Å². The van der Waals surface area contributed by atoms with Gasteiger partial charge in [-0.25, -0.2) is 0 Å². The Labute approximate surface area is 273 Å². The first kappa shape index (κ1) is 30.4. The maximum Gasteiger partial charge on any atom is 0.161 e. The Kier molecular flexibility index (Phi) is 9.71. The van der Waals surface area contributed by atoms with Gasteiger partial charge in [0.15, 0.2) is 11.5 Å². The van der Waals surface area contributed by atoms with Gasteiger partial charge in [-0.05, 0) is 77.7 Å². The highest BCUT2D eigenvalue weighted by Gasteiger charge is 2.19. The Bertz CT molecular complexity index is 1850. The van der Waals surface area contributed by atoms with Gasteiger partial charge in [-0.15, -0.1) is 0 Å². The second kappa shape index (κ2) is 14.4. The Morgan fingerprint density at radius 3 is 1.96 bits per heavy atom. The van der Waals surface area contributed by atoms with Gasteiger partial charge in [0.05, 0.1) is 19.4 Å². The molecule has 0 fully saturated rings. The fourth-order valence-corrected chi connectivity index (χ4v) is 5.73. The number of ether oxygens (including phenoxy) is 4. The van der Waals surface area contributed by atoms with Crippen molar-refractivity contribution in [3.8, 4) is 34.3 Å². The lowest BCUT2D eigenvalue weighted by Gasteiger charge is -2.16. The first-order chi connectivity index (χ1) is 22.1. The smallest absolute Gasteiger partial charge is 0.161 e. The normalized spacial score (nSPS) is 11.0. The molecule has 5 nitrogen and oxygen atoms in total. The molecule has 0 spiro atoms. The Morgan fingerprint density at radius 1 is 0.622 bits per heavy atom. The molecule has 0 aliphatic heterocycles. The summed E-state index contributed by atoms with van der Waals surface area (Å²) in [6.45, 7) is 4.49. The number of aromatic nitrogens is 1. The second-order valence-electron chi connectivity index (χ2n) is 10.8. The Morgan fingerprint density at radius 2 is 1.29 bits per heavy atom. The van der Waals surface area contributed by atoms with Crippen LogP contribution in [-0.4, -0.2) is 23.6 Å². The van der Waals surface area contributed by atoms with Crippen molar-refractivity contribution in [1.82, 2.24) is 4.57 Å². The number of alkyl halides is 1. The second-order valence-corrected chi connectivity index (χ2v) is 11.6. The maximum atomic E-state index is 6.23. The maximum absolute atomic E-state index is 6.23. The number of benzene rings is 5. The lowest BCUT2D eigenvalue weighted by atomic mass is 10.1. The monoisotopic (exact) mass is 661 g/mol. The zero-order valence-corrected chi connectivity index (χ0v) is 27.1. The molecule has 0 amide bonds. The number of nitrogens with zero attached hydrogens (tertiary/aromatic N) is 1. The quantitative estimate of drug-likeness (QED) is 0.116. The minimum Gasteiger partial charge on any atom is -0.493 e. The van der Waals surface area contributed by atoms with Gasteiger partial charge in [0, 0.05) is 28.3 Å². The molecule has 0 unspecified atom stereocenters. The number of aryl methyl sites for hydroxylation is 1. The third kappa shape index (κ3) is 7.18. The Balaban J connectivity index is 1.36. The van der Waals surface area contributed by atoms with E-state index in [4.69, 9.17) is 18.9 Å². The van der Waals surface area contributed by atoms with Crippen LogP contribution in [0.25, 0.3) is 22.2 Å². The van der Waals surface area contributed by atoms with Gasteiger partial charge in [-0.1, -0.05) is 88.7 Å². The van der Waals surface area contributed by atoms with Gasteiger partial charge in [0.25, 0.3) is 0 Å². The van der Waals surface area contributed by atoms with Gasteiger partial charge in [-0.3, -0.25) is 0 Å². The molecule has 1 aromatic heterocycles. The average Bonchev–Trinajstić information content (AvgIpc) is 3.36. The van der Waals surface area contributed by atoms with Crippen molar-refractivity contribution in [2.75, 3.05) is 19.0 Å². The first-order valence-electron chi connectivity index (χ1n) is 15.1. The molecule has 5 aromatic carbocycles. The van der Waals surface area contributed by atoms with Crippen LogP contribution >= 0.6 is 15.9 Å². The lowest BCUT2D eigenvalue weighted by molar-refractivity contribution is 0.284. The molecule has 1 heterocycles. The van der Waals surface area contributed by atoms with Crippen molar-refractivity contribution in [2.24, 2.45) is 0 Å². The summed E-state index contributed by atoms with van der Waals surface area (Å²) in [6, 6.07) is 41.3. The first-order valence-corrected chi connectivity index (χ1v) is 16.2. The van der Waals surface area contributed by atoms with E-state index in [1.165, 1.54) is 11.1 Å². The molecular weight excluding hydrogens is 626 g/mol. The molecule has 228 valence electrons. The number of hydrogen-bond acceptors (Lipinski definition) is 4. The van der Waals surface area contributed by atoms with Crippen LogP contribution in [0.5, 0.6) is 23.0 Å². The topological polar surface area (TPSA) is 41.9 Å². The van der Waals surface area contributed by atoms with Crippen LogP contribution in [0.3, 0.4) is 0 Å². The highest BCUT2D eigenvalue weighted by Crippen LogP contribution is 2.39. The van der Waals surface area contributed by atoms with Gasteiger partial charge < -0.3 is 23.5 Å². The molecule has 0 aliphatic carbocycles. The number of methoxy groups -OCH3 is 1. The van der Waals surface area contributed by atoms with E-state index in [1.807, 2.05) is 54.6 Å². The number of halogens is 1. The van der Waals surface area contributed by atoms with E-state index in [0.29, 0.717) is 37.9 Å². The summed E-state index contributed by atoms with van der Waals surface area (Å²) in [7, 11) is 1.69. The molecule has 0 saturated carbocycles. The number of rotatable bonds is 13. The van der Waals surface area contributed by atoms with Gasteiger partial charge in [0.2, 0.25) is 0 Å². The van der Waals surface area contributed by atoms with Crippen LogP contribution in [0, 0.1) is 6.92 Å². The summed E-state index contributed by atoms with van der Waals surface area (Å²) < 4.78 is 26.4. The number of fused-ring (bicyclic) bond motifs is 1. The van der Waals surface area contributed by atoms with Crippen molar-refractivity contribution in [3.63, 3.8) is 0 Å². The fraction of sp³-hybridized carbons (Fsp3) is 0.179. The SMILES string of the molecule is COc1cc(-c2c(C)c3cc(OCc4ccccc4)ccc3n2Cc2ccc(OCCBr)cc2)ccc1OCc1ccccc1. The molecule has 6 rings (SSSR count). The third-order valence-corrected chi connectivity index (χ3v) is 8.14. The highest BCUT2D eigenvalue weighted by atomic mass is 79.9. The summed E-state index contributed by atoms with van der Waals surface area (Å²) in [5, 5.41) is 1.94. The van der Waals surface area contributed by atoms with Crippen LogP contribution in [0.1, 0.15) is 22.3 Å². The van der Waals surface area contributed by atoms with E-state index in [9.17, 15) is 0 Å². The van der Waals surface area contributed by atoms with Gasteiger partial charge in [0.1, 0.15) is 24.7 Å². The predicted molar refractivity (Wildman–Crippen MR) is 185 cm³/mol. The summed E-state index contributed by atoms with van der Waals surface area (Å²) in [5.74, 6) is 3.11. The molecule has 6 aromatic rings. The zero-order valence-electron chi connectivity index (χ0n) is 25.5. The van der Waals surface area contributed by atoms with Crippen molar-refractivity contribution >= 4 is 26.8 Å². The van der Waals surface area contributed by atoms with Crippen LogP contribution in [-0.2, 0) is 19.8 Å². The number of hydrogen-bond donors (Lipinski definition) is 0. The van der Waals surface area contributed by atoms with Crippen LogP contribution in [0.2, 0.25) is 0 Å². The van der Waals surface area contributed by atoms with Crippen LogP contribution in [0.4, 0.5) is 0 Å². The van der Waals surface area contributed by atoms with Crippen molar-refractivity contribution in [1.29, 1.82) is 0 Å². The molecule has 0 atom stereocenters. The average molecular weight is 663 g/mol. The zero-order chi connectivity index (χ0) is 31.0. The van der Waals surface area contributed by atoms with E-state index in [1.54, 1.807) is 7.11 Å². The molecule has 0 radical (unpaired) electrons. The summed E-state index contributed by atoms with van der Waals surface area (Å²) in [5.41, 5.74) is 7.91. The Hall–Kier alpha value is -4.68. The summed E-state index contributed by atoms with van der Waals surface area (Å²) >= 11 is 3.43. The van der Waals surface area contributed by atoms with Crippen molar-refractivity contribution < 1.29 is 18.9 Å². The van der Waals surface area contributed by atoms with E-state index >= 15 is 0 Å². The summed E-state index contributed by atoms with van der Waals surface area (Å²) in [4.78, 5) is 0. The molecule has 6 heteroatoms. The highest BCUT2D eigenvalue weighted by molar-refractivity contribution is 9.09. The molecular formula is C39H36BrNO4. The van der Waals surface area contributed by atoms with E-state index in [0.717, 1.165) is 50.1 Å². The summed E-state index contributed by atoms with van der Waals surface area (Å²) in [6.07, 6.45) is 0. The predicted octanol–water partition coefficient (Wildman–Crippen LogP) is 9.61. The van der Waals surface area contributed by atoms with Gasteiger partial charge in [-0.2, -0.15) is 0 Å². The largest absolute Gasteiger partial charge is 0.493 e. The molecule has 0 saturated heterocycles. The van der Waals surface area contributed by atoms with E-state index in [-0.39, 0.29) is 0 Å². The standard InChI is InChI=1S/C39H36BrNO4/c1-28-35-24-34(44-26-30-9-5-3-6-10-30)18-19-36(35)41(25-29-13-16-33(17-14-29)43-22-21-40)39(28)32-15-20-37(38(23-32)42-2)45-27-31-11-7-4-8-12-31/h3-20,23-24H,21-22,25-27H2,1-2H3. The third-order valence-electron chi connectivity index (χ3n) is 7.82. The molecule has 0 N–H and O–H groups in total. The minimum absolute atomic E-state index is 0.469. The molecule has 45 heavy (non-hydrogen) atoms. The fourth-order valence-electron chi connectivity index (χ4n) is 5.57. The van der Waals surface area contributed by atoms with Gasteiger partial charge >= 0.3 is 0 Å². The van der Waals surface area contributed by atoms with Crippen molar-refractivity contribution in [2.45, 2.75) is 26.7 Å². The molecule has 0 bridgehead atoms. The molecule has 0 aliphatic rings.